The number of ether oxygens (including phenoxy) is 2. The van der Waals surface area contributed by atoms with Gasteiger partial charge in [0.2, 0.25) is 5.60 Å². The SMILES string of the molecule is CC1=C(C)C2[C@H](Cc3ccccc3)NC(=O)[C@]23OC(=O)O/C=C/[C@@](C)(O)C(=O)[C@@H](C)C/C=C/[C@H]3C1O. The van der Waals surface area contributed by atoms with Crippen LogP contribution in [0.25, 0.3) is 0 Å². The number of hydrogen-bond acceptors (Lipinski definition) is 7. The molecule has 0 saturated carbocycles. The number of amides is 1. The molecule has 1 spiro atoms. The van der Waals surface area contributed by atoms with Crippen molar-refractivity contribution in [2.45, 2.75) is 63.9 Å². The number of hydrogen-bond donors (Lipinski definition) is 3. The fraction of sp³-hybridized carbons (Fsp3) is 0.464. The summed E-state index contributed by atoms with van der Waals surface area (Å²) in [6, 6.07) is 9.29. The molecular formula is C28H33NO7. The van der Waals surface area contributed by atoms with E-state index in [2.05, 4.69) is 5.32 Å². The third kappa shape index (κ3) is 4.40. The summed E-state index contributed by atoms with van der Waals surface area (Å²) < 4.78 is 10.9. The molecule has 1 aromatic rings. The minimum atomic E-state index is -1.85. The van der Waals surface area contributed by atoms with E-state index in [1.54, 1.807) is 19.1 Å². The van der Waals surface area contributed by atoms with Crippen LogP contribution in [-0.2, 0) is 25.5 Å². The Hall–Kier alpha value is -3.23. The van der Waals surface area contributed by atoms with Crippen LogP contribution in [0.3, 0.4) is 0 Å². The van der Waals surface area contributed by atoms with Crippen LogP contribution in [-0.4, -0.2) is 51.4 Å². The monoisotopic (exact) mass is 495 g/mol. The van der Waals surface area contributed by atoms with Crippen molar-refractivity contribution in [1.29, 1.82) is 0 Å². The van der Waals surface area contributed by atoms with Gasteiger partial charge in [-0.2, -0.15) is 0 Å². The van der Waals surface area contributed by atoms with E-state index in [1.807, 2.05) is 44.2 Å². The first kappa shape index (κ1) is 25.9. The summed E-state index contributed by atoms with van der Waals surface area (Å²) >= 11 is 0. The summed E-state index contributed by atoms with van der Waals surface area (Å²) in [5.74, 6) is -3.00. The molecule has 3 aliphatic rings. The molecule has 2 unspecified atom stereocenters. The van der Waals surface area contributed by atoms with Crippen LogP contribution in [0.4, 0.5) is 4.79 Å². The molecule has 192 valence electrons. The van der Waals surface area contributed by atoms with Crippen LogP contribution in [0.5, 0.6) is 0 Å². The van der Waals surface area contributed by atoms with Gasteiger partial charge in [-0.05, 0) is 50.8 Å². The van der Waals surface area contributed by atoms with Gasteiger partial charge >= 0.3 is 6.16 Å². The molecule has 0 radical (unpaired) electrons. The van der Waals surface area contributed by atoms with E-state index in [4.69, 9.17) is 9.47 Å². The lowest BCUT2D eigenvalue weighted by Crippen LogP contribution is -2.59. The molecular weight excluding hydrogens is 462 g/mol. The molecule has 0 bridgehead atoms. The number of allylic oxidation sites excluding steroid dienone is 1. The zero-order valence-electron chi connectivity index (χ0n) is 20.9. The fourth-order valence-corrected chi connectivity index (χ4v) is 5.73. The van der Waals surface area contributed by atoms with Gasteiger partial charge in [-0.15, -0.1) is 0 Å². The number of aliphatic hydroxyl groups excluding tert-OH is 1. The minimum absolute atomic E-state index is 0.262. The van der Waals surface area contributed by atoms with Crippen LogP contribution in [0.1, 0.15) is 39.7 Å². The van der Waals surface area contributed by atoms with Gasteiger partial charge in [0.05, 0.1) is 24.2 Å². The van der Waals surface area contributed by atoms with Crippen molar-refractivity contribution in [2.24, 2.45) is 17.8 Å². The zero-order valence-corrected chi connectivity index (χ0v) is 20.9. The van der Waals surface area contributed by atoms with E-state index in [9.17, 15) is 24.6 Å². The standard InChI is InChI=1S/C28H33NO7/c1-16-9-8-12-20-23(30)18(3)17(2)22-21(15-19-10-6-5-7-11-19)29-25(32)28(20,22)36-26(33)35-14-13-27(4,34)24(16)31/h5-8,10-14,16,20-23,30,34H,9,15H2,1-4H3,(H,29,32)/b12-8+,14-13+/t16-,20-,21-,22?,23?,27+,28+/m0/s1. The van der Waals surface area contributed by atoms with E-state index in [1.165, 1.54) is 6.92 Å². The van der Waals surface area contributed by atoms with Crippen molar-refractivity contribution < 1.29 is 34.1 Å². The van der Waals surface area contributed by atoms with Gasteiger partial charge in [-0.3, -0.25) is 9.59 Å². The lowest BCUT2D eigenvalue weighted by molar-refractivity contribution is -0.151. The predicted octanol–water partition coefficient (Wildman–Crippen LogP) is 2.99. The topological polar surface area (TPSA) is 122 Å². The molecule has 1 aliphatic carbocycles. The molecule has 1 aromatic carbocycles. The minimum Gasteiger partial charge on any atom is -0.416 e. The van der Waals surface area contributed by atoms with Crippen molar-refractivity contribution in [2.75, 3.05) is 0 Å². The number of cyclic esters (lactones) is 1. The van der Waals surface area contributed by atoms with Crippen molar-refractivity contribution >= 4 is 17.8 Å². The Morgan fingerprint density at radius 1 is 1.11 bits per heavy atom. The van der Waals surface area contributed by atoms with E-state index in [0.29, 0.717) is 12.0 Å². The molecule has 2 heterocycles. The Kier molecular flexibility index (Phi) is 6.94. The lowest BCUT2D eigenvalue weighted by Gasteiger charge is -2.45. The first-order valence-electron chi connectivity index (χ1n) is 12.2. The molecule has 1 saturated heterocycles. The number of aliphatic hydroxyl groups is 2. The van der Waals surface area contributed by atoms with Crippen molar-refractivity contribution in [3.05, 3.63) is 71.5 Å². The highest BCUT2D eigenvalue weighted by molar-refractivity contribution is 5.93. The highest BCUT2D eigenvalue weighted by Crippen LogP contribution is 2.50. The average molecular weight is 496 g/mol. The van der Waals surface area contributed by atoms with Crippen LogP contribution >= 0.6 is 0 Å². The highest BCUT2D eigenvalue weighted by atomic mass is 16.7. The summed E-state index contributed by atoms with van der Waals surface area (Å²) in [7, 11) is 0. The Morgan fingerprint density at radius 3 is 2.50 bits per heavy atom. The third-order valence-electron chi connectivity index (χ3n) is 7.79. The summed E-state index contributed by atoms with van der Waals surface area (Å²) in [6.45, 7) is 6.65. The summed E-state index contributed by atoms with van der Waals surface area (Å²) in [4.78, 5) is 39.3. The number of rotatable bonds is 2. The first-order valence-corrected chi connectivity index (χ1v) is 12.2. The number of Topliss-reactive ketones (excluding diaryl/α,β-unsaturated/α-hetero) is 1. The van der Waals surface area contributed by atoms with Crippen molar-refractivity contribution in [3.8, 4) is 0 Å². The Bertz CT molecular complexity index is 1140. The van der Waals surface area contributed by atoms with Crippen LogP contribution < -0.4 is 5.32 Å². The molecule has 4 rings (SSSR count). The van der Waals surface area contributed by atoms with E-state index in [0.717, 1.165) is 23.5 Å². The third-order valence-corrected chi connectivity index (χ3v) is 7.79. The van der Waals surface area contributed by atoms with Crippen LogP contribution in [0, 0.1) is 17.8 Å². The zero-order chi connectivity index (χ0) is 26.3. The molecule has 3 N–H and O–H groups in total. The van der Waals surface area contributed by atoms with E-state index >= 15 is 0 Å². The quantitative estimate of drug-likeness (QED) is 0.426. The largest absolute Gasteiger partial charge is 0.514 e. The molecule has 36 heavy (non-hydrogen) atoms. The summed E-state index contributed by atoms with van der Waals surface area (Å²) in [5.41, 5.74) is -1.13. The fourth-order valence-electron chi connectivity index (χ4n) is 5.73. The normalized spacial score (nSPS) is 38.8. The molecule has 8 heteroatoms. The van der Waals surface area contributed by atoms with Crippen molar-refractivity contribution in [1.82, 2.24) is 5.32 Å². The lowest BCUT2D eigenvalue weighted by atomic mass is 9.63. The first-order chi connectivity index (χ1) is 17.0. The molecule has 0 aromatic heterocycles. The molecule has 2 aliphatic heterocycles. The van der Waals surface area contributed by atoms with Crippen molar-refractivity contribution in [3.63, 3.8) is 0 Å². The Labute approximate surface area is 210 Å². The summed E-state index contributed by atoms with van der Waals surface area (Å²) in [6.07, 6.45) is 3.84. The van der Waals surface area contributed by atoms with Gasteiger partial charge in [0.1, 0.15) is 5.60 Å². The molecule has 1 fully saturated rings. The van der Waals surface area contributed by atoms with Gasteiger partial charge in [0.25, 0.3) is 5.91 Å². The van der Waals surface area contributed by atoms with Gasteiger partial charge < -0.3 is 25.0 Å². The van der Waals surface area contributed by atoms with Gasteiger partial charge in [0, 0.05) is 12.0 Å². The highest BCUT2D eigenvalue weighted by Gasteiger charge is 2.66. The average Bonchev–Trinajstić information content (AvgIpc) is 3.10. The second kappa shape index (κ2) is 9.67. The van der Waals surface area contributed by atoms with E-state index < -0.39 is 58.9 Å². The number of carbonyl (C=O) groups is 3. The van der Waals surface area contributed by atoms with Crippen LogP contribution in [0.15, 0.2) is 66.0 Å². The number of ketones is 1. The smallest absolute Gasteiger partial charge is 0.416 e. The Morgan fingerprint density at radius 2 is 1.81 bits per heavy atom. The maximum atomic E-state index is 13.7. The Balaban J connectivity index is 1.82. The maximum absolute atomic E-state index is 13.7. The molecule has 7 atom stereocenters. The van der Waals surface area contributed by atoms with Gasteiger partial charge in [0.15, 0.2) is 5.78 Å². The summed E-state index contributed by atoms with van der Waals surface area (Å²) in [5, 5.41) is 24.8. The maximum Gasteiger partial charge on any atom is 0.514 e. The molecule has 8 nitrogen and oxygen atoms in total. The molecule has 1 amide bonds. The number of carbonyl (C=O) groups excluding carboxylic acids is 3. The van der Waals surface area contributed by atoms with Gasteiger partial charge in [-0.25, -0.2) is 4.79 Å². The number of nitrogens with one attached hydrogen (secondary N) is 1. The van der Waals surface area contributed by atoms with Crippen LogP contribution in [0.2, 0.25) is 0 Å². The predicted molar refractivity (Wildman–Crippen MR) is 131 cm³/mol. The second-order valence-electron chi connectivity index (χ2n) is 10.2. The van der Waals surface area contributed by atoms with E-state index in [-0.39, 0.29) is 6.42 Å². The number of benzene rings is 1. The van der Waals surface area contributed by atoms with Gasteiger partial charge in [-0.1, -0.05) is 55.0 Å². The second-order valence-corrected chi connectivity index (χ2v) is 10.2.